The van der Waals surface area contributed by atoms with Gasteiger partial charge in [0, 0.05) is 16.5 Å². The van der Waals surface area contributed by atoms with Crippen LogP contribution in [0.15, 0.2) is 96.4 Å². The van der Waals surface area contributed by atoms with Crippen LogP contribution in [0.3, 0.4) is 0 Å². The summed E-state index contributed by atoms with van der Waals surface area (Å²) in [5, 5.41) is 13.0. The number of carbonyl (C=O) groups is 3. The predicted octanol–water partition coefficient (Wildman–Crippen LogP) is 6.86. The second kappa shape index (κ2) is 10.2. The van der Waals surface area contributed by atoms with E-state index in [2.05, 4.69) is 0 Å². The minimum atomic E-state index is -1.84. The molecule has 192 valence electrons. The number of likely N-dealkylation sites (tertiary alicyclic amines) is 1. The fraction of sp³-hybridized carbons (Fsp3) is 0.167. The van der Waals surface area contributed by atoms with Crippen molar-refractivity contribution in [1.82, 2.24) is 4.90 Å². The number of halogens is 2. The number of carboxylic acid groups (broad SMARTS) is 1. The van der Waals surface area contributed by atoms with Crippen LogP contribution in [0, 0.1) is 11.7 Å². The SMILES string of the molecule is CC1(C(=O)O)C(c2ccc(Cl)cc2)C(C(=O)c2cccs2)C(c2ccc(F)cc2)N1C(=O)c1ccccc1. The molecular weight excluding hydrogens is 525 g/mol. The third-order valence-electron chi connectivity index (χ3n) is 7.26. The van der Waals surface area contributed by atoms with E-state index in [4.69, 9.17) is 11.6 Å². The molecule has 1 aliphatic rings. The molecule has 4 unspecified atom stereocenters. The Morgan fingerprint density at radius 1 is 0.895 bits per heavy atom. The molecule has 0 radical (unpaired) electrons. The Morgan fingerprint density at radius 2 is 1.53 bits per heavy atom. The van der Waals surface area contributed by atoms with Crippen molar-refractivity contribution < 1.29 is 23.9 Å². The summed E-state index contributed by atoms with van der Waals surface area (Å²) < 4.78 is 14.0. The maximum absolute atomic E-state index is 14.2. The van der Waals surface area contributed by atoms with E-state index in [0.717, 1.165) is 0 Å². The van der Waals surface area contributed by atoms with E-state index in [-0.39, 0.29) is 11.3 Å². The number of nitrogens with zero attached hydrogens (tertiary/aromatic N) is 1. The highest BCUT2D eigenvalue weighted by molar-refractivity contribution is 7.12. The number of rotatable bonds is 6. The summed E-state index contributed by atoms with van der Waals surface area (Å²) in [4.78, 5) is 43.3. The minimum absolute atomic E-state index is 0.283. The lowest BCUT2D eigenvalue weighted by molar-refractivity contribution is -0.148. The Morgan fingerprint density at radius 3 is 2.11 bits per heavy atom. The molecule has 3 aromatic carbocycles. The lowest BCUT2D eigenvalue weighted by Gasteiger charge is -2.38. The molecule has 2 heterocycles. The lowest BCUT2D eigenvalue weighted by atomic mass is 9.72. The first kappa shape index (κ1) is 25.8. The molecule has 5 nitrogen and oxygen atoms in total. The van der Waals surface area contributed by atoms with Crippen LogP contribution in [0.2, 0.25) is 5.02 Å². The van der Waals surface area contributed by atoms with Gasteiger partial charge in [0.05, 0.1) is 16.8 Å². The highest BCUT2D eigenvalue weighted by Gasteiger charge is 2.65. The Labute approximate surface area is 228 Å². The molecule has 4 atom stereocenters. The molecule has 1 aliphatic heterocycles. The zero-order chi connectivity index (χ0) is 27.0. The summed E-state index contributed by atoms with van der Waals surface area (Å²) in [5.74, 6) is -4.47. The predicted molar refractivity (Wildman–Crippen MR) is 144 cm³/mol. The molecule has 1 N–H and O–H groups in total. The van der Waals surface area contributed by atoms with Gasteiger partial charge < -0.3 is 10.0 Å². The Kier molecular flexibility index (Phi) is 6.90. The Hall–Kier alpha value is -3.81. The zero-order valence-corrected chi connectivity index (χ0v) is 21.8. The van der Waals surface area contributed by atoms with Gasteiger partial charge in [0.2, 0.25) is 0 Å². The summed E-state index contributed by atoms with van der Waals surface area (Å²) in [5.41, 5.74) is -0.525. The van der Waals surface area contributed by atoms with Crippen molar-refractivity contribution in [2.24, 2.45) is 5.92 Å². The lowest BCUT2D eigenvalue weighted by Crippen LogP contribution is -2.54. The van der Waals surface area contributed by atoms with Crippen LogP contribution in [-0.4, -0.2) is 33.2 Å². The van der Waals surface area contributed by atoms with E-state index >= 15 is 0 Å². The van der Waals surface area contributed by atoms with Crippen LogP contribution in [0.4, 0.5) is 4.39 Å². The van der Waals surface area contributed by atoms with Gasteiger partial charge in [0.1, 0.15) is 11.4 Å². The van der Waals surface area contributed by atoms with Crippen molar-refractivity contribution in [3.05, 3.63) is 129 Å². The van der Waals surface area contributed by atoms with E-state index in [9.17, 15) is 23.9 Å². The normalized spacial score (nSPS) is 22.8. The molecule has 0 aliphatic carbocycles. The fourth-order valence-electron chi connectivity index (χ4n) is 5.52. The van der Waals surface area contributed by atoms with Gasteiger partial charge in [-0.1, -0.05) is 60.1 Å². The summed E-state index contributed by atoms with van der Waals surface area (Å²) in [6.45, 7) is 1.48. The first-order chi connectivity index (χ1) is 18.2. The van der Waals surface area contributed by atoms with Crippen LogP contribution >= 0.6 is 22.9 Å². The summed E-state index contributed by atoms with van der Waals surface area (Å²) in [7, 11) is 0. The van der Waals surface area contributed by atoms with E-state index in [1.807, 2.05) is 0 Å². The molecule has 1 amide bonds. The van der Waals surface area contributed by atoms with Crippen LogP contribution in [0.5, 0.6) is 0 Å². The number of Topliss-reactive ketones (excluding diaryl/α,β-unsaturated/α-hetero) is 1. The molecule has 0 spiro atoms. The van der Waals surface area contributed by atoms with Crippen LogP contribution in [0.1, 0.15) is 50.0 Å². The summed E-state index contributed by atoms with van der Waals surface area (Å²) in [6, 6.07) is 23.0. The Bertz CT molecular complexity index is 1480. The van der Waals surface area contributed by atoms with Gasteiger partial charge in [0.15, 0.2) is 5.78 Å². The molecule has 38 heavy (non-hydrogen) atoms. The van der Waals surface area contributed by atoms with E-state index in [1.165, 1.54) is 47.4 Å². The first-order valence-electron chi connectivity index (χ1n) is 11.9. The van der Waals surface area contributed by atoms with E-state index in [0.29, 0.717) is 21.0 Å². The standard InChI is InChI=1S/C30H23ClFNO4S/c1-30(29(36)37)25(18-9-13-21(31)14-10-18)24(27(34)23-8-5-17-38-23)26(19-11-15-22(32)16-12-19)33(30)28(35)20-6-3-2-4-7-20/h2-17,24-26H,1H3,(H,36,37). The van der Waals surface area contributed by atoms with Crippen LogP contribution in [0.25, 0.3) is 0 Å². The van der Waals surface area contributed by atoms with Gasteiger partial charge in [-0.05, 0) is 65.9 Å². The van der Waals surface area contributed by atoms with Crippen molar-refractivity contribution in [2.45, 2.75) is 24.4 Å². The van der Waals surface area contributed by atoms with Crippen molar-refractivity contribution in [3.63, 3.8) is 0 Å². The maximum atomic E-state index is 14.2. The molecular formula is C30H23ClFNO4S. The highest BCUT2D eigenvalue weighted by atomic mass is 35.5. The quantitative estimate of drug-likeness (QED) is 0.267. The molecule has 0 bridgehead atoms. The number of thiophene rings is 1. The zero-order valence-electron chi connectivity index (χ0n) is 20.3. The molecule has 1 aromatic heterocycles. The average molecular weight is 548 g/mol. The second-order valence-electron chi connectivity index (χ2n) is 9.39. The molecule has 1 fully saturated rings. The van der Waals surface area contributed by atoms with E-state index < -0.39 is 41.1 Å². The van der Waals surface area contributed by atoms with Crippen molar-refractivity contribution in [3.8, 4) is 0 Å². The van der Waals surface area contributed by atoms with Crippen LogP contribution in [-0.2, 0) is 4.79 Å². The maximum Gasteiger partial charge on any atom is 0.330 e. The number of amides is 1. The molecule has 5 rings (SSSR count). The highest BCUT2D eigenvalue weighted by Crippen LogP contribution is 2.57. The third-order valence-corrected chi connectivity index (χ3v) is 8.40. The largest absolute Gasteiger partial charge is 0.479 e. The topological polar surface area (TPSA) is 74.7 Å². The van der Waals surface area contributed by atoms with Crippen molar-refractivity contribution >= 4 is 40.6 Å². The number of hydrogen-bond acceptors (Lipinski definition) is 4. The second-order valence-corrected chi connectivity index (χ2v) is 10.8. The number of benzene rings is 3. The van der Waals surface area contributed by atoms with Gasteiger partial charge in [-0.3, -0.25) is 9.59 Å². The number of carbonyl (C=O) groups excluding carboxylic acids is 2. The average Bonchev–Trinajstić information content (AvgIpc) is 3.55. The smallest absolute Gasteiger partial charge is 0.330 e. The molecule has 8 heteroatoms. The molecule has 0 saturated carbocycles. The summed E-state index contributed by atoms with van der Waals surface area (Å²) in [6.07, 6.45) is 0. The number of hydrogen-bond donors (Lipinski definition) is 1. The monoisotopic (exact) mass is 547 g/mol. The van der Waals surface area contributed by atoms with Gasteiger partial charge in [-0.15, -0.1) is 11.3 Å². The van der Waals surface area contributed by atoms with Gasteiger partial charge >= 0.3 is 5.97 Å². The number of aliphatic carboxylic acids is 1. The first-order valence-corrected chi connectivity index (χ1v) is 13.2. The van der Waals surface area contributed by atoms with E-state index in [1.54, 1.807) is 72.1 Å². The third kappa shape index (κ3) is 4.31. The van der Waals surface area contributed by atoms with Gasteiger partial charge in [-0.25, -0.2) is 9.18 Å². The Balaban J connectivity index is 1.82. The fourth-order valence-corrected chi connectivity index (χ4v) is 6.36. The van der Waals surface area contributed by atoms with Crippen molar-refractivity contribution in [1.29, 1.82) is 0 Å². The van der Waals surface area contributed by atoms with Crippen molar-refractivity contribution in [2.75, 3.05) is 0 Å². The van der Waals surface area contributed by atoms with Crippen LogP contribution < -0.4 is 0 Å². The van der Waals surface area contributed by atoms with Gasteiger partial charge in [0.25, 0.3) is 5.91 Å². The minimum Gasteiger partial charge on any atom is -0.479 e. The summed E-state index contributed by atoms with van der Waals surface area (Å²) >= 11 is 7.40. The van der Waals surface area contributed by atoms with Gasteiger partial charge in [-0.2, -0.15) is 0 Å². The number of carboxylic acids is 1. The molecule has 4 aromatic rings. The number of ketones is 1. The molecule has 1 saturated heterocycles.